The average molecular weight is 310 g/mol. The van der Waals surface area contributed by atoms with Crippen molar-refractivity contribution in [1.82, 2.24) is 4.72 Å². The molecule has 1 unspecified atom stereocenters. The van der Waals surface area contributed by atoms with E-state index in [-0.39, 0.29) is 9.77 Å². The average Bonchev–Trinajstić information content (AvgIpc) is 2.88. The van der Waals surface area contributed by atoms with E-state index in [4.69, 9.17) is 5.26 Å². The van der Waals surface area contributed by atoms with Crippen molar-refractivity contribution in [1.29, 1.82) is 5.26 Å². The van der Waals surface area contributed by atoms with E-state index in [0.29, 0.717) is 4.88 Å². The van der Waals surface area contributed by atoms with Crippen molar-refractivity contribution in [2.24, 2.45) is 0 Å². The Morgan fingerprint density at radius 2 is 2.00 bits per heavy atom. The number of nitriles is 1. The van der Waals surface area contributed by atoms with E-state index in [9.17, 15) is 12.8 Å². The molecule has 2 rings (SSSR count). The largest absolute Gasteiger partial charge is 0.250 e. The molecule has 0 saturated heterocycles. The number of nitrogens with zero attached hydrogens (tertiary/aromatic N) is 1. The molecule has 0 aliphatic rings. The summed E-state index contributed by atoms with van der Waals surface area (Å²) in [5, 5.41) is 8.71. The molecule has 1 atom stereocenters. The summed E-state index contributed by atoms with van der Waals surface area (Å²) in [7, 11) is -3.76. The molecule has 0 saturated carbocycles. The maximum absolute atomic E-state index is 13.6. The summed E-state index contributed by atoms with van der Waals surface area (Å²) in [5.74, 6) is -0.466. The SMILES string of the molecule is CC(NS(=O)(=O)c1ccc(C#N)s1)c1ccccc1F. The Labute approximate surface area is 120 Å². The Balaban J connectivity index is 2.25. The lowest BCUT2D eigenvalue weighted by molar-refractivity contribution is 0.551. The first-order valence-corrected chi connectivity index (χ1v) is 8.00. The Hall–Kier alpha value is -1.75. The molecule has 104 valence electrons. The van der Waals surface area contributed by atoms with Crippen LogP contribution in [0.2, 0.25) is 0 Å². The number of halogens is 1. The first kappa shape index (κ1) is 14.7. The molecular formula is C13H11FN2O2S2. The van der Waals surface area contributed by atoms with Crippen molar-refractivity contribution < 1.29 is 12.8 Å². The van der Waals surface area contributed by atoms with Crippen molar-refractivity contribution in [3.05, 3.63) is 52.7 Å². The van der Waals surface area contributed by atoms with Gasteiger partial charge >= 0.3 is 0 Å². The molecule has 0 radical (unpaired) electrons. The Morgan fingerprint density at radius 3 is 2.60 bits per heavy atom. The summed E-state index contributed by atoms with van der Waals surface area (Å²) in [4.78, 5) is 0.309. The number of thiophene rings is 1. The van der Waals surface area contributed by atoms with Crippen molar-refractivity contribution in [2.75, 3.05) is 0 Å². The van der Waals surface area contributed by atoms with Crippen molar-refractivity contribution in [3.63, 3.8) is 0 Å². The lowest BCUT2D eigenvalue weighted by Gasteiger charge is -2.14. The third kappa shape index (κ3) is 3.04. The first-order chi connectivity index (χ1) is 9.44. The van der Waals surface area contributed by atoms with Crippen LogP contribution in [0.15, 0.2) is 40.6 Å². The number of hydrogen-bond acceptors (Lipinski definition) is 4. The van der Waals surface area contributed by atoms with Gasteiger partial charge in [-0.3, -0.25) is 0 Å². The van der Waals surface area contributed by atoms with Crippen molar-refractivity contribution >= 4 is 21.4 Å². The zero-order chi connectivity index (χ0) is 14.8. The summed E-state index contributed by atoms with van der Waals surface area (Å²) in [6, 6.07) is 9.96. The zero-order valence-corrected chi connectivity index (χ0v) is 12.1. The smallest absolute Gasteiger partial charge is 0.207 e. The van der Waals surface area contributed by atoms with Gasteiger partial charge in [-0.1, -0.05) is 18.2 Å². The fraction of sp³-hybridized carbons (Fsp3) is 0.154. The minimum atomic E-state index is -3.76. The summed E-state index contributed by atoms with van der Waals surface area (Å²) in [5.41, 5.74) is 0.271. The summed E-state index contributed by atoms with van der Waals surface area (Å²) < 4.78 is 40.3. The van der Waals surface area contributed by atoms with Gasteiger partial charge in [-0.15, -0.1) is 11.3 Å². The van der Waals surface area contributed by atoms with E-state index >= 15 is 0 Å². The van der Waals surface area contributed by atoms with E-state index in [1.54, 1.807) is 19.1 Å². The Morgan fingerprint density at radius 1 is 1.30 bits per heavy atom. The predicted molar refractivity (Wildman–Crippen MR) is 74.2 cm³/mol. The van der Waals surface area contributed by atoms with Crippen LogP contribution in [-0.2, 0) is 10.0 Å². The quantitative estimate of drug-likeness (QED) is 0.944. The highest BCUT2D eigenvalue weighted by Gasteiger charge is 2.21. The van der Waals surface area contributed by atoms with Crippen LogP contribution in [0.25, 0.3) is 0 Å². The van der Waals surface area contributed by atoms with E-state index in [0.717, 1.165) is 11.3 Å². The first-order valence-electron chi connectivity index (χ1n) is 5.71. The van der Waals surface area contributed by atoms with E-state index < -0.39 is 21.9 Å². The second-order valence-electron chi connectivity index (χ2n) is 4.09. The molecule has 7 heteroatoms. The summed E-state index contributed by atoms with van der Waals surface area (Å²) >= 11 is 0.876. The highest BCUT2D eigenvalue weighted by molar-refractivity contribution is 7.91. The van der Waals surface area contributed by atoms with Crippen molar-refractivity contribution in [2.45, 2.75) is 17.2 Å². The second kappa shape index (κ2) is 5.71. The van der Waals surface area contributed by atoms with Gasteiger partial charge in [0, 0.05) is 11.6 Å². The standard InChI is InChI=1S/C13H11FN2O2S2/c1-9(11-4-2-3-5-12(11)14)16-20(17,18)13-7-6-10(8-15)19-13/h2-7,9,16H,1H3. The van der Waals surface area contributed by atoms with Gasteiger partial charge < -0.3 is 0 Å². The molecule has 2 aromatic rings. The molecule has 1 heterocycles. The van der Waals surface area contributed by atoms with Crippen LogP contribution in [0.1, 0.15) is 23.4 Å². The fourth-order valence-corrected chi connectivity index (χ4v) is 4.05. The van der Waals surface area contributed by atoms with Crippen LogP contribution >= 0.6 is 11.3 Å². The van der Waals surface area contributed by atoms with Crippen LogP contribution in [0.3, 0.4) is 0 Å². The third-order valence-electron chi connectivity index (χ3n) is 2.66. The van der Waals surface area contributed by atoms with Crippen LogP contribution in [0.5, 0.6) is 0 Å². The fourth-order valence-electron chi connectivity index (χ4n) is 1.71. The summed E-state index contributed by atoms with van der Waals surface area (Å²) in [6.45, 7) is 1.56. The predicted octanol–water partition coefficient (Wildman–Crippen LogP) is 2.80. The van der Waals surface area contributed by atoms with E-state index in [2.05, 4.69) is 4.72 Å². The molecule has 1 N–H and O–H groups in total. The molecule has 0 spiro atoms. The van der Waals surface area contributed by atoms with Crippen LogP contribution in [0.4, 0.5) is 4.39 Å². The van der Waals surface area contributed by atoms with Gasteiger partial charge in [0.25, 0.3) is 10.0 Å². The highest BCUT2D eigenvalue weighted by atomic mass is 32.2. The van der Waals surface area contributed by atoms with Gasteiger partial charge in [-0.25, -0.2) is 17.5 Å². The molecule has 1 aromatic carbocycles. The maximum atomic E-state index is 13.6. The molecule has 0 fully saturated rings. The van der Waals surface area contributed by atoms with E-state index in [1.807, 2.05) is 6.07 Å². The molecule has 0 aliphatic carbocycles. The second-order valence-corrected chi connectivity index (χ2v) is 7.12. The van der Waals surface area contributed by atoms with Gasteiger partial charge in [0.05, 0.1) is 0 Å². The van der Waals surface area contributed by atoms with Gasteiger partial charge in [0.15, 0.2) is 0 Å². The monoisotopic (exact) mass is 310 g/mol. The molecule has 0 aliphatic heterocycles. The summed E-state index contributed by atoms with van der Waals surface area (Å²) in [6.07, 6.45) is 0. The maximum Gasteiger partial charge on any atom is 0.250 e. The zero-order valence-electron chi connectivity index (χ0n) is 10.5. The van der Waals surface area contributed by atoms with Gasteiger partial charge in [0.1, 0.15) is 21.0 Å². The Kier molecular flexibility index (Phi) is 4.18. The van der Waals surface area contributed by atoms with Crippen LogP contribution in [0, 0.1) is 17.1 Å². The highest BCUT2D eigenvalue weighted by Crippen LogP contribution is 2.24. The third-order valence-corrected chi connectivity index (χ3v) is 5.68. The lowest BCUT2D eigenvalue weighted by atomic mass is 10.1. The van der Waals surface area contributed by atoms with Gasteiger partial charge in [-0.05, 0) is 25.1 Å². The minimum Gasteiger partial charge on any atom is -0.207 e. The van der Waals surface area contributed by atoms with Crippen LogP contribution < -0.4 is 4.72 Å². The number of benzene rings is 1. The van der Waals surface area contributed by atoms with Gasteiger partial charge in [-0.2, -0.15) is 5.26 Å². The topological polar surface area (TPSA) is 70.0 Å². The van der Waals surface area contributed by atoms with E-state index in [1.165, 1.54) is 24.3 Å². The van der Waals surface area contributed by atoms with Gasteiger partial charge in [0.2, 0.25) is 0 Å². The number of nitrogens with one attached hydrogen (secondary N) is 1. The number of sulfonamides is 1. The molecule has 20 heavy (non-hydrogen) atoms. The molecular weight excluding hydrogens is 299 g/mol. The molecule has 4 nitrogen and oxygen atoms in total. The molecule has 0 bridgehead atoms. The Bertz CT molecular complexity index is 763. The van der Waals surface area contributed by atoms with Crippen molar-refractivity contribution in [3.8, 4) is 6.07 Å². The minimum absolute atomic E-state index is 0.0391. The number of rotatable bonds is 4. The van der Waals surface area contributed by atoms with Crippen LogP contribution in [-0.4, -0.2) is 8.42 Å². The molecule has 0 amide bonds. The number of hydrogen-bond donors (Lipinski definition) is 1. The lowest BCUT2D eigenvalue weighted by Crippen LogP contribution is -2.26. The molecule has 1 aromatic heterocycles. The normalized spacial score (nSPS) is 12.8.